The number of carbonyl (C=O) groups is 1. The molecule has 2 fully saturated rings. The lowest BCUT2D eigenvalue weighted by Gasteiger charge is -2.38. The maximum Gasteiger partial charge on any atom is 0.248 e. The molecule has 3 rings (SSSR count). The molecule has 6 heteroatoms. The molecule has 0 radical (unpaired) electrons. The molecule has 0 bridgehead atoms. The van der Waals surface area contributed by atoms with Crippen molar-refractivity contribution in [3.63, 3.8) is 0 Å². The van der Waals surface area contributed by atoms with Gasteiger partial charge in [0.25, 0.3) is 0 Å². The summed E-state index contributed by atoms with van der Waals surface area (Å²) in [5, 5.41) is 0. The van der Waals surface area contributed by atoms with E-state index in [9.17, 15) is 4.79 Å². The van der Waals surface area contributed by atoms with Gasteiger partial charge in [-0.2, -0.15) is 0 Å². The van der Waals surface area contributed by atoms with Gasteiger partial charge in [0, 0.05) is 32.3 Å². The highest BCUT2D eigenvalue weighted by Crippen LogP contribution is 2.37. The van der Waals surface area contributed by atoms with Gasteiger partial charge in [0.1, 0.15) is 18.5 Å². The largest absolute Gasteiger partial charge is 0.486 e. The molecule has 0 aromatic carbocycles. The Labute approximate surface area is 136 Å². The predicted molar refractivity (Wildman–Crippen MR) is 84.3 cm³/mol. The fourth-order valence-electron chi connectivity index (χ4n) is 3.28. The third-order valence-corrected chi connectivity index (χ3v) is 4.57. The van der Waals surface area contributed by atoms with Gasteiger partial charge < -0.3 is 19.1 Å². The van der Waals surface area contributed by atoms with Gasteiger partial charge in [0.15, 0.2) is 0 Å². The van der Waals surface area contributed by atoms with Crippen LogP contribution in [0.4, 0.5) is 0 Å². The molecule has 0 N–H and O–H groups in total. The monoisotopic (exact) mass is 320 g/mol. The number of ether oxygens (including phenoxy) is 3. The van der Waals surface area contributed by atoms with E-state index in [0.717, 1.165) is 38.1 Å². The van der Waals surface area contributed by atoms with Crippen LogP contribution in [0.5, 0.6) is 5.75 Å². The van der Waals surface area contributed by atoms with Crippen molar-refractivity contribution in [1.29, 1.82) is 0 Å². The molecule has 1 aromatic heterocycles. The first-order valence-corrected chi connectivity index (χ1v) is 8.27. The van der Waals surface area contributed by atoms with Crippen LogP contribution >= 0.6 is 0 Å². The number of carbonyl (C=O) groups excluding carboxylic acids is 1. The lowest BCUT2D eigenvalue weighted by atomic mass is 9.88. The van der Waals surface area contributed by atoms with Gasteiger partial charge in [-0.1, -0.05) is 0 Å². The van der Waals surface area contributed by atoms with Gasteiger partial charge in [-0.05, 0) is 31.9 Å². The van der Waals surface area contributed by atoms with Gasteiger partial charge >= 0.3 is 0 Å². The summed E-state index contributed by atoms with van der Waals surface area (Å²) >= 11 is 0. The SMILES string of the molecule is CCOCC(=O)N1CCC2(CC1)CC(Oc1cccnc1)CO2. The second-order valence-electron chi connectivity index (χ2n) is 6.14. The molecule has 2 aliphatic heterocycles. The van der Waals surface area contributed by atoms with Crippen LogP contribution in [0.1, 0.15) is 26.2 Å². The van der Waals surface area contributed by atoms with Crippen LogP contribution < -0.4 is 4.74 Å². The fraction of sp³-hybridized carbons (Fsp3) is 0.647. The molecule has 1 atom stereocenters. The summed E-state index contributed by atoms with van der Waals surface area (Å²) in [6.07, 6.45) is 6.10. The fourth-order valence-corrected chi connectivity index (χ4v) is 3.28. The maximum absolute atomic E-state index is 12.0. The number of pyridine rings is 1. The van der Waals surface area contributed by atoms with Gasteiger partial charge in [-0.25, -0.2) is 0 Å². The number of likely N-dealkylation sites (tertiary alicyclic amines) is 1. The minimum Gasteiger partial charge on any atom is -0.486 e. The van der Waals surface area contributed by atoms with E-state index in [1.54, 1.807) is 12.4 Å². The van der Waals surface area contributed by atoms with Crippen LogP contribution in [0.15, 0.2) is 24.5 Å². The summed E-state index contributed by atoms with van der Waals surface area (Å²) in [6, 6.07) is 3.77. The molecule has 3 heterocycles. The summed E-state index contributed by atoms with van der Waals surface area (Å²) < 4.78 is 17.2. The molecule has 23 heavy (non-hydrogen) atoms. The molecule has 6 nitrogen and oxygen atoms in total. The quantitative estimate of drug-likeness (QED) is 0.825. The van der Waals surface area contributed by atoms with E-state index in [1.807, 2.05) is 24.0 Å². The standard InChI is InChI=1S/C17H24N2O4/c1-2-21-13-16(20)19-8-5-17(6-9-19)10-15(12-22-17)23-14-4-3-7-18-11-14/h3-4,7,11,15H,2,5-6,8-10,12-13H2,1H3. The van der Waals surface area contributed by atoms with Gasteiger partial charge in [-0.3, -0.25) is 9.78 Å². The van der Waals surface area contributed by atoms with E-state index in [2.05, 4.69) is 4.98 Å². The zero-order valence-electron chi connectivity index (χ0n) is 13.6. The molecule has 1 amide bonds. The van der Waals surface area contributed by atoms with Gasteiger partial charge in [-0.15, -0.1) is 0 Å². The van der Waals surface area contributed by atoms with Crippen molar-refractivity contribution >= 4 is 5.91 Å². The molecule has 0 saturated carbocycles. The molecular weight excluding hydrogens is 296 g/mol. The van der Waals surface area contributed by atoms with Crippen molar-refractivity contribution in [2.24, 2.45) is 0 Å². The zero-order valence-corrected chi connectivity index (χ0v) is 13.6. The van der Waals surface area contributed by atoms with Crippen LogP contribution in [-0.4, -0.2) is 60.4 Å². The Morgan fingerprint density at radius 1 is 1.48 bits per heavy atom. The van der Waals surface area contributed by atoms with Crippen molar-refractivity contribution in [3.05, 3.63) is 24.5 Å². The summed E-state index contributed by atoms with van der Waals surface area (Å²) in [5.41, 5.74) is -0.144. The first kappa shape index (κ1) is 16.2. The van der Waals surface area contributed by atoms with Crippen LogP contribution in [0.3, 0.4) is 0 Å². The Morgan fingerprint density at radius 3 is 3.00 bits per heavy atom. The van der Waals surface area contributed by atoms with Crippen LogP contribution in [-0.2, 0) is 14.3 Å². The lowest BCUT2D eigenvalue weighted by Crippen LogP contribution is -2.47. The number of hydrogen-bond acceptors (Lipinski definition) is 5. The predicted octanol–water partition coefficient (Wildman–Crippen LogP) is 1.65. The highest BCUT2D eigenvalue weighted by atomic mass is 16.6. The Morgan fingerprint density at radius 2 is 2.30 bits per heavy atom. The normalized spacial score (nSPS) is 23.2. The van der Waals surface area contributed by atoms with E-state index in [-0.39, 0.29) is 24.2 Å². The third-order valence-electron chi connectivity index (χ3n) is 4.57. The summed E-state index contributed by atoms with van der Waals surface area (Å²) in [5.74, 6) is 0.852. The zero-order chi connectivity index (χ0) is 16.1. The minimum absolute atomic E-state index is 0.0601. The maximum atomic E-state index is 12.0. The number of hydrogen-bond donors (Lipinski definition) is 0. The van der Waals surface area contributed by atoms with Crippen LogP contribution in [0, 0.1) is 0 Å². The number of piperidine rings is 1. The molecule has 2 aliphatic rings. The molecular formula is C17H24N2O4. The third kappa shape index (κ3) is 4.00. The highest BCUT2D eigenvalue weighted by Gasteiger charge is 2.44. The van der Waals surface area contributed by atoms with Crippen molar-refractivity contribution in [3.8, 4) is 5.75 Å². The Kier molecular flexibility index (Phi) is 5.13. The number of nitrogens with zero attached hydrogens (tertiary/aromatic N) is 2. The number of amides is 1. The molecule has 2 saturated heterocycles. The second kappa shape index (κ2) is 7.27. The van der Waals surface area contributed by atoms with Crippen molar-refractivity contribution in [2.45, 2.75) is 37.9 Å². The van der Waals surface area contributed by atoms with Crippen molar-refractivity contribution in [1.82, 2.24) is 9.88 Å². The van der Waals surface area contributed by atoms with E-state index in [1.165, 1.54) is 0 Å². The Balaban J connectivity index is 1.48. The van der Waals surface area contributed by atoms with E-state index >= 15 is 0 Å². The highest BCUT2D eigenvalue weighted by molar-refractivity contribution is 5.77. The van der Waals surface area contributed by atoms with Gasteiger partial charge in [0.05, 0.1) is 18.4 Å². The molecule has 126 valence electrons. The number of aromatic nitrogens is 1. The van der Waals surface area contributed by atoms with Crippen molar-refractivity contribution < 1.29 is 19.0 Å². The molecule has 1 aromatic rings. The molecule has 0 aliphatic carbocycles. The first-order chi connectivity index (χ1) is 11.2. The Bertz CT molecular complexity index is 515. The smallest absolute Gasteiger partial charge is 0.248 e. The van der Waals surface area contributed by atoms with Gasteiger partial charge in [0.2, 0.25) is 5.91 Å². The first-order valence-electron chi connectivity index (χ1n) is 8.27. The van der Waals surface area contributed by atoms with E-state index in [4.69, 9.17) is 14.2 Å². The second-order valence-corrected chi connectivity index (χ2v) is 6.14. The summed E-state index contributed by atoms with van der Waals surface area (Å²) in [4.78, 5) is 17.9. The average Bonchev–Trinajstić information content (AvgIpc) is 2.96. The molecule has 1 unspecified atom stereocenters. The van der Waals surface area contributed by atoms with E-state index < -0.39 is 0 Å². The Hall–Kier alpha value is -1.66. The minimum atomic E-state index is -0.144. The topological polar surface area (TPSA) is 60.9 Å². The summed E-state index contributed by atoms with van der Waals surface area (Å²) in [6.45, 7) is 4.70. The van der Waals surface area contributed by atoms with Crippen molar-refractivity contribution in [2.75, 3.05) is 32.9 Å². The van der Waals surface area contributed by atoms with Crippen LogP contribution in [0.25, 0.3) is 0 Å². The lowest BCUT2D eigenvalue weighted by molar-refractivity contribution is -0.140. The van der Waals surface area contributed by atoms with Crippen LogP contribution in [0.2, 0.25) is 0 Å². The molecule has 1 spiro atoms. The number of rotatable bonds is 5. The average molecular weight is 320 g/mol. The summed E-state index contributed by atoms with van der Waals surface area (Å²) in [7, 11) is 0. The van der Waals surface area contributed by atoms with E-state index in [0.29, 0.717) is 13.2 Å².